The summed E-state index contributed by atoms with van der Waals surface area (Å²) in [6.07, 6.45) is 10.8. The van der Waals surface area contributed by atoms with E-state index in [0.717, 1.165) is 17.7 Å². The van der Waals surface area contributed by atoms with Crippen molar-refractivity contribution in [1.82, 2.24) is 24.5 Å². The highest BCUT2D eigenvalue weighted by Crippen LogP contribution is 2.18. The third-order valence-corrected chi connectivity index (χ3v) is 4.26. The number of aryl methyl sites for hydroxylation is 1. The smallest absolute Gasteiger partial charge is 0.390 e. The molecule has 26 heavy (non-hydrogen) atoms. The minimum Gasteiger partial charge on any atom is -0.390 e. The van der Waals surface area contributed by atoms with Crippen molar-refractivity contribution in [3.05, 3.63) is 58.5 Å². The highest BCUT2D eigenvalue weighted by molar-refractivity contribution is 5.57. The van der Waals surface area contributed by atoms with Gasteiger partial charge in [-0.1, -0.05) is 60.6 Å². The molecule has 2 heterocycles. The van der Waals surface area contributed by atoms with Crippen LogP contribution in [0.3, 0.4) is 0 Å². The number of aromatic nitrogens is 5. The number of hydrogen-bond donors (Lipinski definition) is 0. The Hall–Kier alpha value is -3.03. The second kappa shape index (κ2) is 8.37. The molecule has 0 atom stereocenters. The van der Waals surface area contributed by atoms with Crippen molar-refractivity contribution in [2.24, 2.45) is 0 Å². The zero-order valence-electron chi connectivity index (χ0n) is 14.8. The van der Waals surface area contributed by atoms with Crippen molar-refractivity contribution in [3.8, 4) is 11.3 Å². The maximum atomic E-state index is 10.9. The van der Waals surface area contributed by atoms with Crippen molar-refractivity contribution >= 4 is 5.95 Å². The fourth-order valence-electron chi connectivity index (χ4n) is 2.84. The molecule has 0 bridgehead atoms. The first-order chi connectivity index (χ1) is 12.7. The van der Waals surface area contributed by atoms with E-state index in [1.54, 1.807) is 17.1 Å². The molecular formula is C18H22N6O2. The molecule has 0 aliphatic rings. The van der Waals surface area contributed by atoms with Gasteiger partial charge in [0, 0.05) is 5.56 Å². The van der Waals surface area contributed by atoms with Crippen LogP contribution in [0.5, 0.6) is 0 Å². The predicted octanol–water partition coefficient (Wildman–Crippen LogP) is 3.68. The summed E-state index contributed by atoms with van der Waals surface area (Å²) >= 11 is 0. The number of imidazole rings is 1. The second-order valence-corrected chi connectivity index (χ2v) is 6.25. The number of nitrogens with zero attached hydrogens (tertiary/aromatic N) is 6. The van der Waals surface area contributed by atoms with Gasteiger partial charge in [0.15, 0.2) is 6.67 Å². The molecule has 0 saturated carbocycles. The van der Waals surface area contributed by atoms with Gasteiger partial charge in [-0.25, -0.2) is 9.25 Å². The molecule has 0 spiro atoms. The molecule has 0 saturated heterocycles. The molecule has 8 heteroatoms. The average molecular weight is 354 g/mol. The summed E-state index contributed by atoms with van der Waals surface area (Å²) in [4.78, 5) is 14.1. The summed E-state index contributed by atoms with van der Waals surface area (Å²) in [6.45, 7) is 2.41. The van der Waals surface area contributed by atoms with E-state index in [4.69, 9.17) is 0 Å². The molecule has 0 amide bonds. The van der Waals surface area contributed by atoms with Crippen LogP contribution in [0, 0.1) is 10.1 Å². The Morgan fingerprint density at radius 2 is 1.96 bits per heavy atom. The molecule has 0 aliphatic carbocycles. The number of rotatable bonds is 9. The number of nitro groups is 1. The fourth-order valence-corrected chi connectivity index (χ4v) is 2.84. The summed E-state index contributed by atoms with van der Waals surface area (Å²) in [7, 11) is 0. The first-order valence-corrected chi connectivity index (χ1v) is 8.82. The Bertz CT molecular complexity index is 853. The molecule has 1 aromatic carbocycles. The van der Waals surface area contributed by atoms with Gasteiger partial charge >= 0.3 is 5.95 Å². The van der Waals surface area contributed by atoms with Crippen molar-refractivity contribution < 1.29 is 4.92 Å². The minimum atomic E-state index is -0.517. The van der Waals surface area contributed by atoms with Gasteiger partial charge in [0.1, 0.15) is 18.1 Å². The summed E-state index contributed by atoms with van der Waals surface area (Å²) in [6, 6.07) is 8.34. The van der Waals surface area contributed by atoms with Gasteiger partial charge < -0.3 is 10.1 Å². The van der Waals surface area contributed by atoms with Crippen LogP contribution in [0.1, 0.15) is 38.2 Å². The Kier molecular flexibility index (Phi) is 5.73. The molecule has 0 unspecified atom stereocenters. The number of hydrogen-bond acceptors (Lipinski definition) is 5. The molecule has 3 aromatic rings. The third-order valence-electron chi connectivity index (χ3n) is 4.26. The van der Waals surface area contributed by atoms with Gasteiger partial charge in [0.2, 0.25) is 0 Å². The van der Waals surface area contributed by atoms with Gasteiger partial charge in [0.25, 0.3) is 0 Å². The molecule has 2 aromatic heterocycles. The highest BCUT2D eigenvalue weighted by Gasteiger charge is 2.15. The molecular weight excluding hydrogens is 332 g/mol. The number of benzene rings is 1. The molecule has 8 nitrogen and oxygen atoms in total. The maximum Gasteiger partial charge on any atom is 0.436 e. The molecule has 0 aliphatic heterocycles. The Morgan fingerprint density at radius 1 is 1.15 bits per heavy atom. The quantitative estimate of drug-likeness (QED) is 0.332. The lowest BCUT2D eigenvalue weighted by molar-refractivity contribution is -0.396. The summed E-state index contributed by atoms with van der Waals surface area (Å²) in [5.41, 5.74) is 3.05. The van der Waals surface area contributed by atoms with Crippen molar-refractivity contribution in [1.29, 1.82) is 0 Å². The fraction of sp³-hybridized carbons (Fsp3) is 0.389. The van der Waals surface area contributed by atoms with Crippen LogP contribution in [-0.4, -0.2) is 29.5 Å². The molecule has 136 valence electrons. The van der Waals surface area contributed by atoms with Gasteiger partial charge in [-0.15, -0.1) is 5.10 Å². The zero-order chi connectivity index (χ0) is 18.4. The Balaban J connectivity index is 1.64. The maximum absolute atomic E-state index is 10.9. The summed E-state index contributed by atoms with van der Waals surface area (Å²) < 4.78 is 2.97. The standard InChI is InChI=1S/C18H22N6O2/c1-2-3-4-5-6-15-7-9-16(10-8-15)17-13-23(21-20-17)14-22-12-11-19-18(22)24(25)26/h7-13H,2-6,14H2,1H3. The second-order valence-electron chi connectivity index (χ2n) is 6.25. The number of unbranched alkanes of at least 4 members (excludes halogenated alkanes) is 3. The topological polar surface area (TPSA) is 91.7 Å². The van der Waals surface area contributed by atoms with E-state index in [1.165, 1.54) is 42.0 Å². The zero-order valence-corrected chi connectivity index (χ0v) is 14.8. The average Bonchev–Trinajstić information content (AvgIpc) is 3.29. The van der Waals surface area contributed by atoms with Crippen LogP contribution in [-0.2, 0) is 13.1 Å². The predicted molar refractivity (Wildman–Crippen MR) is 97.6 cm³/mol. The summed E-state index contributed by atoms with van der Waals surface area (Å²) in [5.74, 6) is -0.213. The van der Waals surface area contributed by atoms with Gasteiger partial charge in [-0.05, 0) is 23.3 Å². The lowest BCUT2D eigenvalue weighted by Gasteiger charge is -2.02. The van der Waals surface area contributed by atoms with Gasteiger partial charge in [0.05, 0.1) is 6.20 Å². The molecule has 0 radical (unpaired) electrons. The van der Waals surface area contributed by atoms with Crippen LogP contribution in [0.4, 0.5) is 5.95 Å². The van der Waals surface area contributed by atoms with E-state index >= 15 is 0 Å². The van der Waals surface area contributed by atoms with E-state index in [-0.39, 0.29) is 12.6 Å². The van der Waals surface area contributed by atoms with Crippen LogP contribution in [0.2, 0.25) is 0 Å². The van der Waals surface area contributed by atoms with Crippen LogP contribution in [0.25, 0.3) is 11.3 Å². The largest absolute Gasteiger partial charge is 0.436 e. The Morgan fingerprint density at radius 3 is 2.69 bits per heavy atom. The van der Waals surface area contributed by atoms with Crippen LogP contribution >= 0.6 is 0 Å². The highest BCUT2D eigenvalue weighted by atomic mass is 16.6. The first-order valence-electron chi connectivity index (χ1n) is 8.82. The van der Waals surface area contributed by atoms with Crippen molar-refractivity contribution in [2.75, 3.05) is 0 Å². The lowest BCUT2D eigenvalue weighted by Crippen LogP contribution is -2.10. The van der Waals surface area contributed by atoms with E-state index in [0.29, 0.717) is 0 Å². The van der Waals surface area contributed by atoms with Gasteiger partial charge in [-0.3, -0.25) is 0 Å². The first kappa shape index (κ1) is 17.8. The van der Waals surface area contributed by atoms with E-state index in [1.807, 2.05) is 12.1 Å². The minimum absolute atomic E-state index is 0.193. The van der Waals surface area contributed by atoms with E-state index in [9.17, 15) is 10.1 Å². The monoisotopic (exact) mass is 354 g/mol. The van der Waals surface area contributed by atoms with Gasteiger partial charge in [-0.2, -0.15) is 0 Å². The molecule has 0 N–H and O–H groups in total. The molecule has 0 fully saturated rings. The van der Waals surface area contributed by atoms with Crippen LogP contribution in [0.15, 0.2) is 42.9 Å². The SMILES string of the molecule is CCCCCCc1ccc(-c2cn(Cn3ccnc3[N+](=O)[O-])nn2)cc1. The Labute approximate surface area is 151 Å². The van der Waals surface area contributed by atoms with Crippen LogP contribution < -0.4 is 0 Å². The van der Waals surface area contributed by atoms with Crippen molar-refractivity contribution in [3.63, 3.8) is 0 Å². The third kappa shape index (κ3) is 4.33. The van der Waals surface area contributed by atoms with Crippen molar-refractivity contribution in [2.45, 2.75) is 45.7 Å². The summed E-state index contributed by atoms with van der Waals surface area (Å²) in [5, 5.41) is 19.1. The molecule has 3 rings (SSSR count). The lowest BCUT2D eigenvalue weighted by atomic mass is 10.0. The van der Waals surface area contributed by atoms with E-state index in [2.05, 4.69) is 34.4 Å². The van der Waals surface area contributed by atoms with E-state index < -0.39 is 4.92 Å². The normalized spacial score (nSPS) is 11.0.